The molecule has 3 nitrogen and oxygen atoms in total. The van der Waals surface area contributed by atoms with Gasteiger partial charge in [0.15, 0.2) is 0 Å². The second-order valence-electron chi connectivity index (χ2n) is 2.45. The van der Waals surface area contributed by atoms with Crippen molar-refractivity contribution in [1.82, 2.24) is 0 Å². The van der Waals surface area contributed by atoms with Gasteiger partial charge in [0.1, 0.15) is 11.9 Å². The van der Waals surface area contributed by atoms with Crippen LogP contribution in [-0.4, -0.2) is 19.8 Å². The van der Waals surface area contributed by atoms with E-state index in [1.54, 1.807) is 6.26 Å². The maximum Gasteiger partial charge on any atom is 0.138 e. The summed E-state index contributed by atoms with van der Waals surface area (Å²) in [7, 11) is 0. The number of hydrogen-bond acceptors (Lipinski definition) is 3. The summed E-state index contributed by atoms with van der Waals surface area (Å²) >= 11 is 0. The third-order valence-electron chi connectivity index (χ3n) is 1.68. The first kappa shape index (κ1) is 6.88. The van der Waals surface area contributed by atoms with Crippen LogP contribution in [-0.2, 0) is 9.47 Å². The molecule has 1 aromatic rings. The van der Waals surface area contributed by atoms with Gasteiger partial charge in [-0.3, -0.25) is 0 Å². The van der Waals surface area contributed by atoms with Crippen molar-refractivity contribution in [2.45, 2.75) is 6.10 Å². The number of rotatable bonds is 1. The Balaban J connectivity index is 2.04. The average molecular weight is 154 g/mol. The number of furan rings is 1. The highest BCUT2D eigenvalue weighted by atomic mass is 16.6. The third-order valence-corrected chi connectivity index (χ3v) is 1.68. The molecule has 0 radical (unpaired) electrons. The van der Waals surface area contributed by atoms with Crippen LogP contribution in [0.5, 0.6) is 0 Å². The first-order chi connectivity index (χ1) is 5.47. The molecule has 1 atom stereocenters. The van der Waals surface area contributed by atoms with Crippen LogP contribution in [0.25, 0.3) is 0 Å². The van der Waals surface area contributed by atoms with Gasteiger partial charge in [-0.05, 0) is 12.1 Å². The summed E-state index contributed by atoms with van der Waals surface area (Å²) in [6, 6.07) is 3.76. The highest BCUT2D eigenvalue weighted by Crippen LogP contribution is 2.20. The molecule has 0 aliphatic carbocycles. The Hall–Kier alpha value is -0.800. The number of ether oxygens (including phenoxy) is 2. The van der Waals surface area contributed by atoms with Crippen molar-refractivity contribution in [2.75, 3.05) is 19.8 Å². The van der Waals surface area contributed by atoms with Crippen LogP contribution in [0.1, 0.15) is 11.9 Å². The zero-order chi connectivity index (χ0) is 7.52. The summed E-state index contributed by atoms with van der Waals surface area (Å²) in [6.07, 6.45) is 1.64. The largest absolute Gasteiger partial charge is 0.466 e. The van der Waals surface area contributed by atoms with E-state index in [1.165, 1.54) is 0 Å². The van der Waals surface area contributed by atoms with E-state index in [9.17, 15) is 0 Å². The van der Waals surface area contributed by atoms with Crippen molar-refractivity contribution in [3.8, 4) is 0 Å². The molecule has 11 heavy (non-hydrogen) atoms. The van der Waals surface area contributed by atoms with Gasteiger partial charge in [0.05, 0.1) is 26.1 Å². The van der Waals surface area contributed by atoms with E-state index in [0.717, 1.165) is 5.76 Å². The van der Waals surface area contributed by atoms with Gasteiger partial charge in [0.2, 0.25) is 0 Å². The lowest BCUT2D eigenvalue weighted by atomic mass is 10.3. The molecule has 0 saturated carbocycles. The molecule has 0 amide bonds. The van der Waals surface area contributed by atoms with Crippen LogP contribution in [0.15, 0.2) is 22.8 Å². The molecular formula is C8H10O3. The maximum atomic E-state index is 5.40. The molecule has 1 fully saturated rings. The molecule has 60 valence electrons. The van der Waals surface area contributed by atoms with Crippen molar-refractivity contribution in [3.05, 3.63) is 24.2 Å². The van der Waals surface area contributed by atoms with Crippen LogP contribution >= 0.6 is 0 Å². The fraction of sp³-hybridized carbons (Fsp3) is 0.500. The van der Waals surface area contributed by atoms with E-state index in [0.29, 0.717) is 19.8 Å². The van der Waals surface area contributed by atoms with E-state index in [4.69, 9.17) is 13.9 Å². The molecule has 1 aliphatic heterocycles. The second kappa shape index (κ2) is 3.07. The summed E-state index contributed by atoms with van der Waals surface area (Å²) in [5.74, 6) is 0.852. The minimum atomic E-state index is -0.00116. The van der Waals surface area contributed by atoms with E-state index in [-0.39, 0.29) is 6.10 Å². The standard InChI is InChI=1S/C8H10O3/c1-2-7(10-3-1)8-6-9-4-5-11-8/h1-3,8H,4-6H2. The molecule has 3 heteroatoms. The Morgan fingerprint density at radius 2 is 2.36 bits per heavy atom. The topological polar surface area (TPSA) is 31.6 Å². The lowest BCUT2D eigenvalue weighted by Crippen LogP contribution is -2.21. The Morgan fingerprint density at radius 1 is 1.36 bits per heavy atom. The van der Waals surface area contributed by atoms with E-state index in [1.807, 2.05) is 12.1 Å². The highest BCUT2D eigenvalue weighted by molar-refractivity contribution is 5.02. The molecule has 2 rings (SSSR count). The monoisotopic (exact) mass is 154 g/mol. The van der Waals surface area contributed by atoms with E-state index >= 15 is 0 Å². The third kappa shape index (κ3) is 1.44. The summed E-state index contributed by atoms with van der Waals surface area (Å²) < 4.78 is 15.8. The fourth-order valence-electron chi connectivity index (χ4n) is 1.13. The zero-order valence-corrected chi connectivity index (χ0v) is 6.16. The lowest BCUT2D eigenvalue weighted by molar-refractivity contribution is -0.0975. The van der Waals surface area contributed by atoms with Gasteiger partial charge in [-0.2, -0.15) is 0 Å². The van der Waals surface area contributed by atoms with Gasteiger partial charge in [-0.25, -0.2) is 0 Å². The smallest absolute Gasteiger partial charge is 0.138 e. The Kier molecular flexibility index (Phi) is 1.92. The SMILES string of the molecule is c1coc(C2COCCO2)c1. The van der Waals surface area contributed by atoms with Crippen molar-refractivity contribution in [3.63, 3.8) is 0 Å². The maximum absolute atomic E-state index is 5.40. The van der Waals surface area contributed by atoms with Gasteiger partial charge in [0.25, 0.3) is 0 Å². The van der Waals surface area contributed by atoms with Crippen LogP contribution in [0.4, 0.5) is 0 Å². The molecule has 0 aromatic carbocycles. The average Bonchev–Trinajstić information content (AvgIpc) is 2.58. The van der Waals surface area contributed by atoms with Crippen molar-refractivity contribution >= 4 is 0 Å². The van der Waals surface area contributed by atoms with Crippen molar-refractivity contribution < 1.29 is 13.9 Å². The zero-order valence-electron chi connectivity index (χ0n) is 6.16. The fourth-order valence-corrected chi connectivity index (χ4v) is 1.13. The quantitative estimate of drug-likeness (QED) is 0.612. The predicted octanol–water partition coefficient (Wildman–Crippen LogP) is 1.37. The summed E-state index contributed by atoms with van der Waals surface area (Å²) in [4.78, 5) is 0. The van der Waals surface area contributed by atoms with Gasteiger partial charge >= 0.3 is 0 Å². The molecule has 2 heterocycles. The first-order valence-corrected chi connectivity index (χ1v) is 3.69. The van der Waals surface area contributed by atoms with Crippen molar-refractivity contribution in [2.24, 2.45) is 0 Å². The van der Waals surface area contributed by atoms with Crippen LogP contribution < -0.4 is 0 Å². The Morgan fingerprint density at radius 3 is 3.00 bits per heavy atom. The predicted molar refractivity (Wildman–Crippen MR) is 38.2 cm³/mol. The summed E-state index contributed by atoms with van der Waals surface area (Å²) in [5.41, 5.74) is 0. The van der Waals surface area contributed by atoms with Crippen LogP contribution in [0, 0.1) is 0 Å². The summed E-state index contributed by atoms with van der Waals surface area (Å²) in [5, 5.41) is 0. The minimum absolute atomic E-state index is 0.00116. The minimum Gasteiger partial charge on any atom is -0.466 e. The molecule has 0 spiro atoms. The van der Waals surface area contributed by atoms with Crippen molar-refractivity contribution in [1.29, 1.82) is 0 Å². The highest BCUT2D eigenvalue weighted by Gasteiger charge is 2.18. The van der Waals surface area contributed by atoms with Gasteiger partial charge in [0, 0.05) is 0 Å². The Labute approximate surface area is 64.9 Å². The molecule has 0 bridgehead atoms. The van der Waals surface area contributed by atoms with Crippen LogP contribution in [0.2, 0.25) is 0 Å². The van der Waals surface area contributed by atoms with Gasteiger partial charge < -0.3 is 13.9 Å². The molecule has 1 aromatic heterocycles. The molecule has 1 aliphatic rings. The van der Waals surface area contributed by atoms with E-state index < -0.39 is 0 Å². The normalized spacial score (nSPS) is 25.3. The number of hydrogen-bond donors (Lipinski definition) is 0. The molecule has 1 unspecified atom stereocenters. The second-order valence-corrected chi connectivity index (χ2v) is 2.45. The Bertz CT molecular complexity index is 199. The first-order valence-electron chi connectivity index (χ1n) is 3.69. The van der Waals surface area contributed by atoms with Crippen LogP contribution in [0.3, 0.4) is 0 Å². The molecule has 0 N–H and O–H groups in total. The van der Waals surface area contributed by atoms with Gasteiger partial charge in [-0.15, -0.1) is 0 Å². The lowest BCUT2D eigenvalue weighted by Gasteiger charge is -2.20. The molecule has 1 saturated heterocycles. The van der Waals surface area contributed by atoms with E-state index in [2.05, 4.69) is 0 Å². The van der Waals surface area contributed by atoms with Gasteiger partial charge in [-0.1, -0.05) is 0 Å². The summed E-state index contributed by atoms with van der Waals surface area (Å²) in [6.45, 7) is 1.95. The molecular weight excluding hydrogens is 144 g/mol.